The van der Waals surface area contributed by atoms with Crippen LogP contribution >= 0.6 is 0 Å². The molecule has 0 spiro atoms. The second kappa shape index (κ2) is 7.49. The fraction of sp³-hybridized carbons (Fsp3) is 0.100. The lowest BCUT2D eigenvalue weighted by Gasteiger charge is -2.04. The Hall–Kier alpha value is -3.34. The number of ether oxygens (including phenoxy) is 1. The van der Waals surface area contributed by atoms with Gasteiger partial charge in [-0.2, -0.15) is 5.10 Å². The normalized spacial score (nSPS) is 10.9. The zero-order valence-electron chi connectivity index (χ0n) is 13.8. The number of hydrogen-bond donors (Lipinski definition) is 1. The second-order valence-corrected chi connectivity index (χ2v) is 5.34. The average molecular weight is 334 g/mol. The Morgan fingerprint density at radius 2 is 1.88 bits per heavy atom. The van der Waals surface area contributed by atoms with Crippen LogP contribution in [0.15, 0.2) is 66.9 Å². The molecule has 5 heteroatoms. The number of carboxylic acids is 1. The predicted molar refractivity (Wildman–Crippen MR) is 96.8 cm³/mol. The van der Waals surface area contributed by atoms with Crippen molar-refractivity contribution in [2.24, 2.45) is 0 Å². The first-order valence-corrected chi connectivity index (χ1v) is 7.96. The molecule has 126 valence electrons. The van der Waals surface area contributed by atoms with Crippen LogP contribution in [0.25, 0.3) is 23.0 Å². The third-order valence-corrected chi connectivity index (χ3v) is 3.61. The third-order valence-electron chi connectivity index (χ3n) is 3.61. The summed E-state index contributed by atoms with van der Waals surface area (Å²) in [6.45, 7) is 2.54. The summed E-state index contributed by atoms with van der Waals surface area (Å²) < 4.78 is 7.21. The van der Waals surface area contributed by atoms with Crippen molar-refractivity contribution < 1.29 is 14.6 Å². The minimum Gasteiger partial charge on any atom is -0.494 e. The molecular formula is C20H18N2O3. The van der Waals surface area contributed by atoms with Crippen LogP contribution in [-0.2, 0) is 4.79 Å². The van der Waals surface area contributed by atoms with Gasteiger partial charge in [0.05, 0.1) is 18.0 Å². The summed E-state index contributed by atoms with van der Waals surface area (Å²) in [6.07, 6.45) is 4.49. The third kappa shape index (κ3) is 3.95. The van der Waals surface area contributed by atoms with E-state index in [9.17, 15) is 4.79 Å². The van der Waals surface area contributed by atoms with Crippen LogP contribution in [0.4, 0.5) is 0 Å². The molecular weight excluding hydrogens is 316 g/mol. The van der Waals surface area contributed by atoms with Gasteiger partial charge < -0.3 is 9.84 Å². The van der Waals surface area contributed by atoms with Gasteiger partial charge in [-0.15, -0.1) is 0 Å². The molecule has 0 aliphatic heterocycles. The van der Waals surface area contributed by atoms with Gasteiger partial charge in [0.1, 0.15) is 5.75 Å². The van der Waals surface area contributed by atoms with Crippen molar-refractivity contribution in [3.8, 4) is 22.7 Å². The van der Waals surface area contributed by atoms with Gasteiger partial charge in [-0.05, 0) is 49.4 Å². The molecule has 3 aromatic rings. The highest BCUT2D eigenvalue weighted by Gasteiger charge is 2.11. The summed E-state index contributed by atoms with van der Waals surface area (Å²) in [5, 5.41) is 13.6. The van der Waals surface area contributed by atoms with Crippen molar-refractivity contribution in [2.75, 3.05) is 6.61 Å². The van der Waals surface area contributed by atoms with Crippen LogP contribution in [0.1, 0.15) is 12.5 Å². The largest absolute Gasteiger partial charge is 0.494 e. The topological polar surface area (TPSA) is 64.4 Å². The summed E-state index contributed by atoms with van der Waals surface area (Å²) in [6, 6.07) is 17.3. The summed E-state index contributed by atoms with van der Waals surface area (Å²) in [5.74, 6) is -0.207. The Bertz CT molecular complexity index is 881. The number of hydrogen-bond acceptors (Lipinski definition) is 3. The van der Waals surface area contributed by atoms with Crippen LogP contribution in [0, 0.1) is 0 Å². The zero-order valence-corrected chi connectivity index (χ0v) is 13.8. The smallest absolute Gasteiger partial charge is 0.328 e. The molecule has 25 heavy (non-hydrogen) atoms. The molecule has 0 aliphatic rings. The van der Waals surface area contributed by atoms with E-state index in [1.165, 1.54) is 0 Å². The van der Waals surface area contributed by atoms with Crippen molar-refractivity contribution in [3.05, 3.63) is 72.4 Å². The predicted octanol–water partition coefficient (Wildman–Crippen LogP) is 4.04. The molecule has 2 aromatic carbocycles. The maximum Gasteiger partial charge on any atom is 0.328 e. The summed E-state index contributed by atoms with van der Waals surface area (Å²) in [4.78, 5) is 10.9. The number of carbonyl (C=O) groups is 1. The van der Waals surface area contributed by atoms with Crippen LogP contribution in [0.5, 0.6) is 5.75 Å². The van der Waals surface area contributed by atoms with Gasteiger partial charge in [0.2, 0.25) is 0 Å². The van der Waals surface area contributed by atoms with Crippen molar-refractivity contribution in [1.29, 1.82) is 0 Å². The molecule has 0 saturated carbocycles. The number of nitrogens with zero attached hydrogens (tertiary/aromatic N) is 2. The van der Waals surface area contributed by atoms with Crippen LogP contribution in [-0.4, -0.2) is 27.5 Å². The number of para-hydroxylation sites is 1. The molecule has 0 atom stereocenters. The van der Waals surface area contributed by atoms with Crippen molar-refractivity contribution >= 4 is 12.0 Å². The molecule has 1 heterocycles. The van der Waals surface area contributed by atoms with Gasteiger partial charge in [0.25, 0.3) is 0 Å². The lowest BCUT2D eigenvalue weighted by molar-refractivity contribution is -0.131. The van der Waals surface area contributed by atoms with Gasteiger partial charge in [-0.25, -0.2) is 9.48 Å². The molecule has 1 aromatic heterocycles. The van der Waals surface area contributed by atoms with Gasteiger partial charge in [-0.1, -0.05) is 18.2 Å². The van der Waals surface area contributed by atoms with Crippen LogP contribution in [0.2, 0.25) is 0 Å². The fourth-order valence-electron chi connectivity index (χ4n) is 2.48. The summed E-state index contributed by atoms with van der Waals surface area (Å²) in [5.41, 5.74) is 3.24. The first-order valence-electron chi connectivity index (χ1n) is 7.96. The number of rotatable bonds is 6. The fourth-order valence-corrected chi connectivity index (χ4v) is 2.48. The standard InChI is InChI=1S/C20H18N2O3/c1-2-25-18-11-8-15(9-12-18)20-16(10-13-19(23)24)14-22(21-20)17-6-4-3-5-7-17/h3-14H,2H2,1H3,(H,23,24)/b13-10+. The minimum absolute atomic E-state index is 0.606. The molecule has 0 bridgehead atoms. The van der Waals surface area contributed by atoms with E-state index in [0.29, 0.717) is 12.3 Å². The first kappa shape index (κ1) is 16.5. The first-order chi connectivity index (χ1) is 12.2. The highest BCUT2D eigenvalue weighted by Crippen LogP contribution is 2.26. The Labute approximate surface area is 145 Å². The SMILES string of the molecule is CCOc1ccc(-c2nn(-c3ccccc3)cc2/C=C/C(=O)O)cc1. The highest BCUT2D eigenvalue weighted by atomic mass is 16.5. The lowest BCUT2D eigenvalue weighted by atomic mass is 10.1. The van der Waals surface area contributed by atoms with Gasteiger partial charge >= 0.3 is 5.97 Å². The van der Waals surface area contributed by atoms with E-state index in [1.54, 1.807) is 10.8 Å². The van der Waals surface area contributed by atoms with E-state index in [-0.39, 0.29) is 0 Å². The Kier molecular flexibility index (Phi) is 4.95. The van der Waals surface area contributed by atoms with E-state index in [1.807, 2.05) is 67.7 Å². The van der Waals surface area contributed by atoms with Crippen LogP contribution < -0.4 is 4.74 Å². The minimum atomic E-state index is -0.995. The molecule has 0 fully saturated rings. The highest BCUT2D eigenvalue weighted by molar-refractivity contribution is 5.87. The van der Waals surface area contributed by atoms with Crippen molar-refractivity contribution in [1.82, 2.24) is 9.78 Å². The van der Waals surface area contributed by atoms with E-state index in [2.05, 4.69) is 5.10 Å². The average Bonchev–Trinajstić information content (AvgIpc) is 3.06. The molecule has 1 N–H and O–H groups in total. The van der Waals surface area contributed by atoms with Crippen molar-refractivity contribution in [3.63, 3.8) is 0 Å². The summed E-state index contributed by atoms with van der Waals surface area (Å²) in [7, 11) is 0. The Balaban J connectivity index is 2.03. The molecule has 5 nitrogen and oxygen atoms in total. The van der Waals surface area contributed by atoms with Gasteiger partial charge in [0.15, 0.2) is 0 Å². The number of carboxylic acid groups (broad SMARTS) is 1. The maximum atomic E-state index is 10.9. The van der Waals surface area contributed by atoms with Gasteiger partial charge in [0, 0.05) is 23.4 Å². The molecule has 3 rings (SSSR count). The number of benzene rings is 2. The second-order valence-electron chi connectivity index (χ2n) is 5.34. The van der Waals surface area contributed by atoms with E-state index < -0.39 is 5.97 Å². The zero-order chi connectivity index (χ0) is 17.6. The molecule has 0 aliphatic carbocycles. The monoisotopic (exact) mass is 334 g/mol. The van der Waals surface area contributed by atoms with Crippen molar-refractivity contribution in [2.45, 2.75) is 6.92 Å². The number of aromatic nitrogens is 2. The Morgan fingerprint density at radius 1 is 1.16 bits per heavy atom. The lowest BCUT2D eigenvalue weighted by Crippen LogP contribution is -1.94. The van der Waals surface area contributed by atoms with Gasteiger partial charge in [-0.3, -0.25) is 0 Å². The summed E-state index contributed by atoms with van der Waals surface area (Å²) >= 11 is 0. The van der Waals surface area contributed by atoms with Crippen LogP contribution in [0.3, 0.4) is 0 Å². The van der Waals surface area contributed by atoms with E-state index in [4.69, 9.17) is 9.84 Å². The molecule has 0 amide bonds. The van der Waals surface area contributed by atoms with E-state index in [0.717, 1.165) is 28.6 Å². The number of aliphatic carboxylic acids is 1. The maximum absolute atomic E-state index is 10.9. The molecule has 0 unspecified atom stereocenters. The molecule has 0 radical (unpaired) electrons. The van der Waals surface area contributed by atoms with E-state index >= 15 is 0 Å². The quantitative estimate of drug-likeness (QED) is 0.691. The Morgan fingerprint density at radius 3 is 2.52 bits per heavy atom. The molecule has 0 saturated heterocycles.